The zero-order valence-electron chi connectivity index (χ0n) is 14.7. The Hall–Kier alpha value is -3.20. The lowest BCUT2D eigenvalue weighted by Crippen LogP contribution is -2.28. The maximum atomic E-state index is 12.5. The lowest BCUT2D eigenvalue weighted by Gasteiger charge is -2.08. The van der Waals surface area contributed by atoms with Gasteiger partial charge >= 0.3 is 0 Å². The number of nitrogens with zero attached hydrogens (tertiary/aromatic N) is 4. The zero-order valence-corrected chi connectivity index (χ0v) is 15.6. The van der Waals surface area contributed by atoms with Gasteiger partial charge in [-0.05, 0) is 18.2 Å². The van der Waals surface area contributed by atoms with Gasteiger partial charge in [-0.2, -0.15) is 5.10 Å². The number of aromatic nitrogens is 3. The van der Waals surface area contributed by atoms with E-state index in [-0.39, 0.29) is 5.91 Å². The Morgan fingerprint density at radius 2 is 2.22 bits per heavy atom. The first-order valence-electron chi connectivity index (χ1n) is 8.26. The van der Waals surface area contributed by atoms with Gasteiger partial charge in [0.1, 0.15) is 11.4 Å². The predicted octanol–water partition coefficient (Wildman–Crippen LogP) is 2.68. The number of oxime groups is 1. The Bertz CT molecular complexity index is 1010. The molecule has 1 atom stereocenters. The quantitative estimate of drug-likeness (QED) is 0.731. The molecule has 0 spiro atoms. The van der Waals surface area contributed by atoms with Crippen molar-refractivity contribution in [3.63, 3.8) is 0 Å². The maximum Gasteiger partial charge on any atom is 0.270 e. The van der Waals surface area contributed by atoms with Crippen molar-refractivity contribution in [2.75, 3.05) is 12.4 Å². The lowest BCUT2D eigenvalue weighted by atomic mass is 10.0. The van der Waals surface area contributed by atoms with Crippen molar-refractivity contribution in [2.24, 2.45) is 12.2 Å². The monoisotopic (exact) mass is 383 g/mol. The molecule has 1 aliphatic rings. The molecule has 0 radical (unpaired) electrons. The van der Waals surface area contributed by atoms with Gasteiger partial charge in [-0.25, -0.2) is 4.98 Å². The van der Waals surface area contributed by atoms with Gasteiger partial charge in [0.05, 0.1) is 18.5 Å². The summed E-state index contributed by atoms with van der Waals surface area (Å²) in [7, 11) is 3.44. The smallest absolute Gasteiger partial charge is 0.270 e. The number of nitrogens with one attached hydrogen (secondary N) is 1. The van der Waals surface area contributed by atoms with E-state index >= 15 is 0 Å². The van der Waals surface area contributed by atoms with Crippen molar-refractivity contribution < 1.29 is 14.4 Å². The van der Waals surface area contributed by atoms with Crippen LogP contribution in [0.4, 0.5) is 5.13 Å². The van der Waals surface area contributed by atoms with Crippen LogP contribution in [-0.4, -0.2) is 39.6 Å². The van der Waals surface area contributed by atoms with E-state index < -0.39 is 6.10 Å². The molecule has 8 nitrogen and oxygen atoms in total. The van der Waals surface area contributed by atoms with Crippen LogP contribution in [0.1, 0.15) is 12.0 Å². The predicted molar refractivity (Wildman–Crippen MR) is 102 cm³/mol. The fourth-order valence-electron chi connectivity index (χ4n) is 2.82. The Morgan fingerprint density at radius 1 is 1.37 bits per heavy atom. The molecule has 1 aromatic carbocycles. The summed E-state index contributed by atoms with van der Waals surface area (Å²) >= 11 is 1.35. The minimum atomic E-state index is -0.700. The first kappa shape index (κ1) is 17.2. The highest BCUT2D eigenvalue weighted by Crippen LogP contribution is 2.27. The molecule has 0 aliphatic carbocycles. The largest absolute Gasteiger partial charge is 0.496 e. The average Bonchev–Trinajstić information content (AvgIpc) is 3.42. The minimum absolute atomic E-state index is 0.283. The van der Waals surface area contributed by atoms with Gasteiger partial charge < -0.3 is 9.57 Å². The van der Waals surface area contributed by atoms with E-state index in [9.17, 15) is 4.79 Å². The van der Waals surface area contributed by atoms with Crippen molar-refractivity contribution >= 4 is 28.1 Å². The van der Waals surface area contributed by atoms with Crippen LogP contribution in [0.3, 0.4) is 0 Å². The van der Waals surface area contributed by atoms with E-state index in [0.717, 1.165) is 17.0 Å². The Balaban J connectivity index is 1.42. The van der Waals surface area contributed by atoms with E-state index in [2.05, 4.69) is 20.6 Å². The number of rotatable bonds is 5. The highest BCUT2D eigenvalue weighted by molar-refractivity contribution is 7.14. The standard InChI is InChI=1S/C18H17N5O3S/c1-23-14(7-8-19-23)13-10-27-18(20-13)21-17(24)16-9-12(22-26-16)11-5-3-4-6-15(11)25-2/h3-8,10,16H,9H2,1-2H3,(H,20,21,24). The first-order valence-corrected chi connectivity index (χ1v) is 9.14. The average molecular weight is 383 g/mol. The SMILES string of the molecule is COc1ccccc1C1=NOC(C(=O)Nc2nc(-c3ccnn3C)cs2)C1. The molecule has 0 saturated heterocycles. The van der Waals surface area contributed by atoms with E-state index in [1.54, 1.807) is 18.0 Å². The molecule has 0 saturated carbocycles. The number of carbonyl (C=O) groups excluding carboxylic acids is 1. The van der Waals surface area contributed by atoms with Crippen LogP contribution in [0.25, 0.3) is 11.4 Å². The summed E-state index contributed by atoms with van der Waals surface area (Å²) in [5.41, 5.74) is 3.14. The van der Waals surface area contributed by atoms with Gasteiger partial charge in [0, 0.05) is 30.6 Å². The topological polar surface area (TPSA) is 90.6 Å². The summed E-state index contributed by atoms with van der Waals surface area (Å²) in [5.74, 6) is 0.413. The Kier molecular flexibility index (Phi) is 4.59. The second-order valence-corrected chi connectivity index (χ2v) is 6.76. The number of hydrogen-bond acceptors (Lipinski definition) is 7. The number of hydrogen-bond donors (Lipinski definition) is 1. The van der Waals surface area contributed by atoms with Crippen molar-refractivity contribution in [3.05, 3.63) is 47.5 Å². The molecular weight excluding hydrogens is 366 g/mol. The highest BCUT2D eigenvalue weighted by atomic mass is 32.1. The minimum Gasteiger partial charge on any atom is -0.496 e. The third-order valence-corrected chi connectivity index (χ3v) is 4.95. The van der Waals surface area contributed by atoms with E-state index in [1.165, 1.54) is 11.3 Å². The van der Waals surface area contributed by atoms with E-state index in [0.29, 0.717) is 23.0 Å². The molecular formula is C18H17N5O3S. The molecule has 3 aromatic rings. The van der Waals surface area contributed by atoms with Gasteiger partial charge in [0.15, 0.2) is 5.13 Å². The molecule has 4 rings (SSSR count). The summed E-state index contributed by atoms with van der Waals surface area (Å²) in [6.07, 6.45) is 1.37. The normalized spacial score (nSPS) is 15.9. The number of anilines is 1. The third kappa shape index (κ3) is 3.41. The molecule has 9 heteroatoms. The highest BCUT2D eigenvalue weighted by Gasteiger charge is 2.30. The summed E-state index contributed by atoms with van der Waals surface area (Å²) in [6, 6.07) is 9.38. The van der Waals surface area contributed by atoms with Crippen LogP contribution in [0.5, 0.6) is 5.75 Å². The molecule has 2 aromatic heterocycles. The van der Waals surface area contributed by atoms with Crippen LogP contribution in [0, 0.1) is 0 Å². The first-order chi connectivity index (χ1) is 13.2. The molecule has 27 heavy (non-hydrogen) atoms. The van der Waals surface area contributed by atoms with Crippen LogP contribution in [-0.2, 0) is 16.7 Å². The van der Waals surface area contributed by atoms with Gasteiger partial charge in [-0.3, -0.25) is 14.8 Å². The second kappa shape index (κ2) is 7.20. The Labute approximate surface area is 159 Å². The number of aryl methyl sites for hydroxylation is 1. The van der Waals surface area contributed by atoms with Gasteiger partial charge in [0.2, 0.25) is 6.10 Å². The molecule has 0 bridgehead atoms. The Morgan fingerprint density at radius 3 is 3.00 bits per heavy atom. The van der Waals surface area contributed by atoms with Crippen LogP contribution in [0.15, 0.2) is 47.1 Å². The number of amides is 1. The van der Waals surface area contributed by atoms with Crippen molar-refractivity contribution in [2.45, 2.75) is 12.5 Å². The van der Waals surface area contributed by atoms with Gasteiger partial charge in [-0.15, -0.1) is 11.3 Å². The number of benzene rings is 1. The summed E-state index contributed by atoms with van der Waals surface area (Å²) < 4.78 is 7.07. The molecule has 138 valence electrons. The van der Waals surface area contributed by atoms with Gasteiger partial charge in [0.25, 0.3) is 5.91 Å². The fraction of sp³-hybridized carbons (Fsp3) is 0.222. The molecule has 1 N–H and O–H groups in total. The third-order valence-electron chi connectivity index (χ3n) is 4.20. The molecule has 1 amide bonds. The summed E-state index contributed by atoms with van der Waals surface area (Å²) in [6.45, 7) is 0. The molecule has 1 aliphatic heterocycles. The number of thiazole rings is 1. The molecule has 1 unspecified atom stereocenters. The number of carbonyl (C=O) groups is 1. The number of ether oxygens (including phenoxy) is 1. The summed E-state index contributed by atoms with van der Waals surface area (Å²) in [5, 5.41) is 13.4. The number of para-hydroxylation sites is 1. The maximum absolute atomic E-state index is 12.5. The van der Waals surface area contributed by atoms with Crippen LogP contribution < -0.4 is 10.1 Å². The van der Waals surface area contributed by atoms with Crippen LogP contribution in [0.2, 0.25) is 0 Å². The number of methoxy groups -OCH3 is 1. The summed E-state index contributed by atoms with van der Waals surface area (Å²) in [4.78, 5) is 22.3. The van der Waals surface area contributed by atoms with Crippen molar-refractivity contribution in [1.29, 1.82) is 0 Å². The second-order valence-electron chi connectivity index (χ2n) is 5.90. The van der Waals surface area contributed by atoms with Gasteiger partial charge in [-0.1, -0.05) is 17.3 Å². The zero-order chi connectivity index (χ0) is 18.8. The van der Waals surface area contributed by atoms with E-state index in [4.69, 9.17) is 9.57 Å². The lowest BCUT2D eigenvalue weighted by molar-refractivity contribution is -0.125. The van der Waals surface area contributed by atoms with Crippen molar-refractivity contribution in [3.8, 4) is 17.1 Å². The fourth-order valence-corrected chi connectivity index (χ4v) is 3.53. The van der Waals surface area contributed by atoms with Crippen molar-refractivity contribution in [1.82, 2.24) is 14.8 Å². The molecule has 0 fully saturated rings. The van der Waals surface area contributed by atoms with Crippen LogP contribution >= 0.6 is 11.3 Å². The van der Waals surface area contributed by atoms with E-state index in [1.807, 2.05) is 42.8 Å². The molecule has 3 heterocycles.